The van der Waals surface area contributed by atoms with E-state index in [1.165, 1.54) is 11.3 Å². The van der Waals surface area contributed by atoms with Crippen LogP contribution in [0.25, 0.3) is 21.5 Å². The van der Waals surface area contributed by atoms with Crippen LogP contribution in [0.1, 0.15) is 10.4 Å². The van der Waals surface area contributed by atoms with E-state index in [-0.39, 0.29) is 16.5 Å². The molecule has 0 saturated heterocycles. The number of hydrogen-bond donors (Lipinski definition) is 1. The van der Waals surface area contributed by atoms with Crippen molar-refractivity contribution in [2.45, 2.75) is 0 Å². The minimum Gasteiger partial charge on any atom is -0.351 e. The fraction of sp³-hybridized carbons (Fsp3) is 0. The summed E-state index contributed by atoms with van der Waals surface area (Å²) in [6.45, 7) is 0. The molecular formula is C13H6ClF2NOS. The molecule has 0 atom stereocenters. The van der Waals surface area contributed by atoms with Crippen LogP contribution in [-0.2, 0) is 0 Å². The summed E-state index contributed by atoms with van der Waals surface area (Å²) in [6, 6.07) is 5.31. The maximum atomic E-state index is 13.7. The molecule has 6 heteroatoms. The van der Waals surface area contributed by atoms with Crippen molar-refractivity contribution < 1.29 is 13.6 Å². The maximum Gasteiger partial charge on any atom is 0.152 e. The first-order valence-electron chi connectivity index (χ1n) is 5.31. The Morgan fingerprint density at radius 3 is 2.68 bits per heavy atom. The zero-order chi connectivity index (χ0) is 13.6. The fourth-order valence-electron chi connectivity index (χ4n) is 2.01. The van der Waals surface area contributed by atoms with Gasteiger partial charge in [-0.2, -0.15) is 0 Å². The van der Waals surface area contributed by atoms with E-state index in [4.69, 9.17) is 11.6 Å². The molecule has 0 amide bonds. The van der Waals surface area contributed by atoms with E-state index in [2.05, 4.69) is 4.98 Å². The number of hydrogen-bond acceptors (Lipinski definition) is 2. The van der Waals surface area contributed by atoms with Crippen molar-refractivity contribution in [2.75, 3.05) is 0 Å². The molecule has 2 aromatic heterocycles. The van der Waals surface area contributed by atoms with Gasteiger partial charge in [-0.1, -0.05) is 11.6 Å². The molecule has 2 heterocycles. The van der Waals surface area contributed by atoms with Gasteiger partial charge in [-0.05, 0) is 18.2 Å². The third-order valence-corrected chi connectivity index (χ3v) is 4.05. The van der Waals surface area contributed by atoms with Gasteiger partial charge in [0.15, 0.2) is 6.29 Å². The molecule has 1 N–H and O–H groups in total. The van der Waals surface area contributed by atoms with Crippen molar-refractivity contribution in [3.8, 4) is 10.6 Å². The molecular weight excluding hydrogens is 292 g/mol. The fourth-order valence-corrected chi connectivity index (χ4v) is 3.06. The van der Waals surface area contributed by atoms with Crippen LogP contribution in [0.15, 0.2) is 24.3 Å². The number of aromatic amines is 1. The first kappa shape index (κ1) is 12.3. The lowest BCUT2D eigenvalue weighted by atomic mass is 10.1. The molecule has 96 valence electrons. The van der Waals surface area contributed by atoms with E-state index in [0.717, 1.165) is 12.1 Å². The van der Waals surface area contributed by atoms with E-state index >= 15 is 0 Å². The van der Waals surface area contributed by atoms with E-state index in [1.807, 2.05) is 0 Å². The van der Waals surface area contributed by atoms with Gasteiger partial charge in [-0.3, -0.25) is 4.79 Å². The summed E-state index contributed by atoms with van der Waals surface area (Å²) in [6.07, 6.45) is 0.584. The minimum absolute atomic E-state index is 0.114. The Labute approximate surface area is 115 Å². The van der Waals surface area contributed by atoms with Crippen LogP contribution in [0.5, 0.6) is 0 Å². The lowest BCUT2D eigenvalue weighted by molar-refractivity contribution is 0.112. The van der Waals surface area contributed by atoms with Crippen molar-refractivity contribution in [1.82, 2.24) is 4.98 Å². The molecule has 0 fully saturated rings. The maximum absolute atomic E-state index is 13.7. The number of fused-ring (bicyclic) bond motifs is 1. The number of carbonyl (C=O) groups excluding carboxylic acids is 1. The molecule has 2 nitrogen and oxygen atoms in total. The topological polar surface area (TPSA) is 32.9 Å². The van der Waals surface area contributed by atoms with Crippen LogP contribution in [0.4, 0.5) is 8.78 Å². The normalized spacial score (nSPS) is 11.1. The number of thiophene rings is 1. The number of halogens is 3. The Bertz CT molecular complexity index is 793. The predicted octanol–water partition coefficient (Wildman–Crippen LogP) is 4.64. The monoisotopic (exact) mass is 297 g/mol. The third-order valence-electron chi connectivity index (χ3n) is 2.80. The van der Waals surface area contributed by atoms with E-state index in [0.29, 0.717) is 21.2 Å². The quantitative estimate of drug-likeness (QED) is 0.687. The number of H-pyrrole nitrogens is 1. The second kappa shape index (κ2) is 4.43. The zero-order valence-electron chi connectivity index (χ0n) is 9.34. The van der Waals surface area contributed by atoms with Gasteiger partial charge < -0.3 is 4.98 Å². The standard InChI is InChI=1S/C13H6ClF2NOS/c14-11-2-1-10(19-11)13-8(5-18)7-3-6(15)4-9(16)12(7)17-13/h1-5,17H. The van der Waals surface area contributed by atoms with E-state index in [9.17, 15) is 13.6 Å². The van der Waals surface area contributed by atoms with Gasteiger partial charge >= 0.3 is 0 Å². The summed E-state index contributed by atoms with van der Waals surface area (Å²) in [5, 5.41) is 0.229. The molecule has 0 aliphatic rings. The second-order valence-corrected chi connectivity index (χ2v) is 5.66. The van der Waals surface area contributed by atoms with Crippen molar-refractivity contribution >= 4 is 40.1 Å². The summed E-state index contributed by atoms with van der Waals surface area (Å²) in [5.41, 5.74) is 0.793. The summed E-state index contributed by atoms with van der Waals surface area (Å²) in [4.78, 5) is 14.7. The molecule has 3 aromatic rings. The Morgan fingerprint density at radius 1 is 1.26 bits per heavy atom. The molecule has 19 heavy (non-hydrogen) atoms. The SMILES string of the molecule is O=Cc1c(-c2ccc(Cl)s2)[nH]c2c(F)cc(F)cc12. The Balaban J connectivity index is 2.37. The van der Waals surface area contributed by atoms with Crippen LogP contribution in [0.2, 0.25) is 4.34 Å². The Morgan fingerprint density at radius 2 is 2.05 bits per heavy atom. The van der Waals surface area contributed by atoms with Gasteiger partial charge in [0.05, 0.1) is 20.4 Å². The van der Waals surface area contributed by atoms with E-state index < -0.39 is 11.6 Å². The van der Waals surface area contributed by atoms with Gasteiger partial charge in [0.25, 0.3) is 0 Å². The van der Waals surface area contributed by atoms with Crippen LogP contribution in [0.3, 0.4) is 0 Å². The van der Waals surface area contributed by atoms with Crippen LogP contribution < -0.4 is 0 Å². The number of carbonyl (C=O) groups is 1. The average molecular weight is 298 g/mol. The summed E-state index contributed by atoms with van der Waals surface area (Å²) in [7, 11) is 0. The first-order chi connectivity index (χ1) is 9.10. The number of aldehydes is 1. The second-order valence-electron chi connectivity index (χ2n) is 3.95. The average Bonchev–Trinajstić information content (AvgIpc) is 2.92. The van der Waals surface area contributed by atoms with Gasteiger partial charge in [0.2, 0.25) is 0 Å². The summed E-state index contributed by atoms with van der Waals surface area (Å²) in [5.74, 6) is -1.45. The molecule has 0 radical (unpaired) electrons. The third kappa shape index (κ3) is 1.95. The van der Waals surface area contributed by atoms with Crippen molar-refractivity contribution in [2.24, 2.45) is 0 Å². The van der Waals surface area contributed by atoms with E-state index in [1.54, 1.807) is 12.1 Å². The Hall–Kier alpha value is -1.72. The van der Waals surface area contributed by atoms with Gasteiger partial charge in [0.1, 0.15) is 11.6 Å². The summed E-state index contributed by atoms with van der Waals surface area (Å²) >= 11 is 7.10. The highest BCUT2D eigenvalue weighted by molar-refractivity contribution is 7.19. The van der Waals surface area contributed by atoms with Crippen LogP contribution >= 0.6 is 22.9 Å². The van der Waals surface area contributed by atoms with Crippen molar-refractivity contribution in [3.05, 3.63) is 45.8 Å². The largest absolute Gasteiger partial charge is 0.351 e. The van der Waals surface area contributed by atoms with Crippen LogP contribution in [-0.4, -0.2) is 11.3 Å². The van der Waals surface area contributed by atoms with Crippen LogP contribution in [0, 0.1) is 11.6 Å². The number of benzene rings is 1. The molecule has 0 aliphatic heterocycles. The molecule has 1 aromatic carbocycles. The van der Waals surface area contributed by atoms with Gasteiger partial charge in [-0.25, -0.2) is 8.78 Å². The highest BCUT2D eigenvalue weighted by Gasteiger charge is 2.17. The zero-order valence-corrected chi connectivity index (χ0v) is 10.9. The number of aromatic nitrogens is 1. The number of rotatable bonds is 2. The first-order valence-corrected chi connectivity index (χ1v) is 6.51. The number of nitrogens with one attached hydrogen (secondary N) is 1. The molecule has 3 rings (SSSR count). The smallest absolute Gasteiger partial charge is 0.152 e. The highest BCUT2D eigenvalue weighted by atomic mass is 35.5. The lowest BCUT2D eigenvalue weighted by Crippen LogP contribution is -1.83. The molecule has 0 saturated carbocycles. The summed E-state index contributed by atoms with van der Waals surface area (Å²) < 4.78 is 27.5. The van der Waals surface area contributed by atoms with Crippen molar-refractivity contribution in [1.29, 1.82) is 0 Å². The van der Waals surface area contributed by atoms with Gasteiger partial charge in [0, 0.05) is 17.0 Å². The molecule has 0 unspecified atom stereocenters. The van der Waals surface area contributed by atoms with Gasteiger partial charge in [-0.15, -0.1) is 11.3 Å². The minimum atomic E-state index is -0.730. The molecule has 0 bridgehead atoms. The highest BCUT2D eigenvalue weighted by Crippen LogP contribution is 2.36. The molecule has 0 aliphatic carbocycles. The molecule has 0 spiro atoms. The van der Waals surface area contributed by atoms with Crippen molar-refractivity contribution in [3.63, 3.8) is 0 Å². The Kier molecular flexibility index (Phi) is 2.88. The predicted molar refractivity (Wildman–Crippen MR) is 71.9 cm³/mol. The lowest BCUT2D eigenvalue weighted by Gasteiger charge is -1.94.